The second kappa shape index (κ2) is 6.09. The van der Waals surface area contributed by atoms with Gasteiger partial charge in [-0.2, -0.15) is 0 Å². The highest BCUT2D eigenvalue weighted by molar-refractivity contribution is 7.09. The lowest BCUT2D eigenvalue weighted by Gasteiger charge is -2.17. The monoisotopic (exact) mass is 315 g/mol. The quantitative estimate of drug-likeness (QED) is 0.868. The average molecular weight is 316 g/mol. The minimum Gasteiger partial charge on any atom is -0.396 e. The predicted octanol–water partition coefficient (Wildman–Crippen LogP) is 3.97. The SMILES string of the molecule is Cc1ncsc1CN(C)Cc1cc(Cl)c(N)c(Cl)c1. The molecule has 2 aromatic rings. The fraction of sp³-hybridized carbons (Fsp3) is 0.308. The molecule has 0 saturated carbocycles. The van der Waals surface area contributed by atoms with Gasteiger partial charge >= 0.3 is 0 Å². The maximum atomic E-state index is 6.03. The van der Waals surface area contributed by atoms with Crippen molar-refractivity contribution in [3.05, 3.63) is 43.8 Å². The molecule has 0 fully saturated rings. The molecule has 19 heavy (non-hydrogen) atoms. The average Bonchev–Trinajstić information content (AvgIpc) is 2.72. The molecule has 102 valence electrons. The molecule has 0 aliphatic heterocycles. The predicted molar refractivity (Wildman–Crippen MR) is 82.9 cm³/mol. The Morgan fingerprint density at radius 1 is 1.26 bits per heavy atom. The maximum absolute atomic E-state index is 6.03. The summed E-state index contributed by atoms with van der Waals surface area (Å²) in [5, 5.41) is 1.01. The molecule has 0 aliphatic rings. The van der Waals surface area contributed by atoms with E-state index in [0.717, 1.165) is 24.3 Å². The van der Waals surface area contributed by atoms with E-state index in [1.807, 2.05) is 24.6 Å². The lowest BCUT2D eigenvalue weighted by atomic mass is 10.2. The summed E-state index contributed by atoms with van der Waals surface area (Å²) in [5.41, 5.74) is 10.2. The molecule has 1 aromatic carbocycles. The zero-order valence-electron chi connectivity index (χ0n) is 10.8. The molecule has 3 nitrogen and oxygen atoms in total. The number of benzene rings is 1. The van der Waals surface area contributed by atoms with Gasteiger partial charge in [0.2, 0.25) is 0 Å². The van der Waals surface area contributed by atoms with Crippen molar-refractivity contribution in [1.29, 1.82) is 0 Å². The molecular formula is C13H15Cl2N3S. The minimum atomic E-state index is 0.438. The first kappa shape index (κ1) is 14.6. The number of nitrogen functional groups attached to an aromatic ring is 1. The first-order valence-electron chi connectivity index (χ1n) is 5.78. The molecule has 6 heteroatoms. The van der Waals surface area contributed by atoms with Gasteiger partial charge in [-0.15, -0.1) is 11.3 Å². The zero-order valence-corrected chi connectivity index (χ0v) is 13.1. The summed E-state index contributed by atoms with van der Waals surface area (Å²) >= 11 is 13.7. The highest BCUT2D eigenvalue weighted by Gasteiger charge is 2.09. The molecule has 0 aliphatic carbocycles. The van der Waals surface area contributed by atoms with E-state index in [1.54, 1.807) is 11.3 Å². The standard InChI is InChI=1S/C13H15Cl2N3S/c1-8-12(19-7-17-8)6-18(2)5-9-3-10(14)13(16)11(15)4-9/h3-4,7H,5-6,16H2,1-2H3. The van der Waals surface area contributed by atoms with Gasteiger partial charge in [-0.05, 0) is 31.7 Å². The van der Waals surface area contributed by atoms with E-state index in [9.17, 15) is 0 Å². The second-order valence-electron chi connectivity index (χ2n) is 4.51. The van der Waals surface area contributed by atoms with Crippen molar-refractivity contribution in [2.45, 2.75) is 20.0 Å². The summed E-state index contributed by atoms with van der Waals surface area (Å²) in [4.78, 5) is 7.72. The third-order valence-corrected chi connectivity index (χ3v) is 4.39. The number of hydrogen-bond acceptors (Lipinski definition) is 4. The van der Waals surface area contributed by atoms with E-state index in [-0.39, 0.29) is 0 Å². The van der Waals surface area contributed by atoms with Crippen LogP contribution in [0.5, 0.6) is 0 Å². The number of thiazole rings is 1. The molecule has 0 unspecified atom stereocenters. The summed E-state index contributed by atoms with van der Waals surface area (Å²) in [6.45, 7) is 3.64. The molecule has 0 bridgehead atoms. The summed E-state index contributed by atoms with van der Waals surface area (Å²) in [5.74, 6) is 0. The minimum absolute atomic E-state index is 0.438. The van der Waals surface area contributed by atoms with E-state index >= 15 is 0 Å². The van der Waals surface area contributed by atoms with Gasteiger partial charge in [0.15, 0.2) is 0 Å². The highest BCUT2D eigenvalue weighted by atomic mass is 35.5. The summed E-state index contributed by atoms with van der Waals surface area (Å²) < 4.78 is 0. The smallest absolute Gasteiger partial charge is 0.0798 e. The topological polar surface area (TPSA) is 42.2 Å². The fourth-order valence-corrected chi connectivity index (χ4v) is 3.21. The molecule has 2 N–H and O–H groups in total. The Bertz CT molecular complexity index is 560. The Morgan fingerprint density at radius 3 is 2.42 bits per heavy atom. The molecule has 0 spiro atoms. The van der Waals surface area contributed by atoms with Gasteiger partial charge in [0.25, 0.3) is 0 Å². The van der Waals surface area contributed by atoms with Crippen molar-refractivity contribution >= 4 is 40.2 Å². The van der Waals surface area contributed by atoms with Crippen LogP contribution in [0.15, 0.2) is 17.6 Å². The summed E-state index contributed by atoms with van der Waals surface area (Å²) in [6.07, 6.45) is 0. The lowest BCUT2D eigenvalue weighted by Crippen LogP contribution is -2.17. The number of anilines is 1. The number of hydrogen-bond donors (Lipinski definition) is 1. The van der Waals surface area contributed by atoms with E-state index in [0.29, 0.717) is 15.7 Å². The first-order chi connectivity index (χ1) is 8.97. The Kier molecular flexibility index (Phi) is 4.68. The lowest BCUT2D eigenvalue weighted by molar-refractivity contribution is 0.321. The fourth-order valence-electron chi connectivity index (χ4n) is 1.82. The third-order valence-electron chi connectivity index (χ3n) is 2.85. The molecule has 0 atom stereocenters. The Morgan fingerprint density at radius 2 is 1.89 bits per heavy atom. The second-order valence-corrected chi connectivity index (χ2v) is 6.26. The van der Waals surface area contributed by atoms with Crippen LogP contribution < -0.4 is 5.73 Å². The van der Waals surface area contributed by atoms with Crippen LogP contribution in [-0.2, 0) is 13.1 Å². The number of rotatable bonds is 4. The van der Waals surface area contributed by atoms with Crippen LogP contribution in [0.25, 0.3) is 0 Å². The van der Waals surface area contributed by atoms with Gasteiger partial charge in [0, 0.05) is 18.0 Å². The van der Waals surface area contributed by atoms with Crippen LogP contribution >= 0.6 is 34.5 Å². The molecular weight excluding hydrogens is 301 g/mol. The van der Waals surface area contributed by atoms with Crippen LogP contribution in [0.1, 0.15) is 16.1 Å². The van der Waals surface area contributed by atoms with Crippen molar-refractivity contribution in [1.82, 2.24) is 9.88 Å². The van der Waals surface area contributed by atoms with Crippen LogP contribution in [0.2, 0.25) is 10.0 Å². The molecule has 1 aromatic heterocycles. The molecule has 2 rings (SSSR count). The van der Waals surface area contributed by atoms with E-state index in [1.165, 1.54) is 4.88 Å². The molecule has 0 saturated heterocycles. The van der Waals surface area contributed by atoms with Crippen LogP contribution in [0.3, 0.4) is 0 Å². The number of aryl methyl sites for hydroxylation is 1. The van der Waals surface area contributed by atoms with Crippen molar-refractivity contribution in [3.8, 4) is 0 Å². The molecule has 0 radical (unpaired) electrons. The van der Waals surface area contributed by atoms with Crippen molar-refractivity contribution in [2.75, 3.05) is 12.8 Å². The third kappa shape index (κ3) is 3.60. The maximum Gasteiger partial charge on any atom is 0.0798 e. The van der Waals surface area contributed by atoms with Crippen molar-refractivity contribution in [2.24, 2.45) is 0 Å². The number of halogens is 2. The highest BCUT2D eigenvalue weighted by Crippen LogP contribution is 2.29. The van der Waals surface area contributed by atoms with Gasteiger partial charge in [-0.3, -0.25) is 4.90 Å². The molecule has 0 amide bonds. The Labute approximate surface area is 127 Å². The van der Waals surface area contributed by atoms with E-state index < -0.39 is 0 Å². The Hall–Kier alpha value is -0.810. The summed E-state index contributed by atoms with van der Waals surface area (Å²) in [6, 6.07) is 3.72. The van der Waals surface area contributed by atoms with Crippen molar-refractivity contribution < 1.29 is 0 Å². The number of nitrogens with two attached hydrogens (primary N) is 1. The zero-order chi connectivity index (χ0) is 14.0. The van der Waals surface area contributed by atoms with Crippen molar-refractivity contribution in [3.63, 3.8) is 0 Å². The normalized spacial score (nSPS) is 11.2. The number of nitrogens with zero attached hydrogens (tertiary/aromatic N) is 2. The largest absolute Gasteiger partial charge is 0.396 e. The molecule has 1 heterocycles. The van der Waals surface area contributed by atoms with Crippen LogP contribution in [0.4, 0.5) is 5.69 Å². The van der Waals surface area contributed by atoms with Gasteiger partial charge in [0.1, 0.15) is 0 Å². The van der Waals surface area contributed by atoms with Crippen LogP contribution in [0, 0.1) is 6.92 Å². The van der Waals surface area contributed by atoms with E-state index in [2.05, 4.69) is 16.9 Å². The summed E-state index contributed by atoms with van der Waals surface area (Å²) in [7, 11) is 2.05. The first-order valence-corrected chi connectivity index (χ1v) is 7.42. The van der Waals surface area contributed by atoms with Gasteiger partial charge in [-0.25, -0.2) is 4.98 Å². The van der Waals surface area contributed by atoms with Gasteiger partial charge < -0.3 is 5.73 Å². The van der Waals surface area contributed by atoms with Gasteiger partial charge in [0.05, 0.1) is 26.9 Å². The number of aromatic nitrogens is 1. The van der Waals surface area contributed by atoms with E-state index in [4.69, 9.17) is 28.9 Å². The van der Waals surface area contributed by atoms with Crippen LogP contribution in [-0.4, -0.2) is 16.9 Å². The Balaban J connectivity index is 2.07. The van der Waals surface area contributed by atoms with Gasteiger partial charge in [-0.1, -0.05) is 23.2 Å².